The van der Waals surface area contributed by atoms with Gasteiger partial charge < -0.3 is 19.1 Å². The van der Waals surface area contributed by atoms with Crippen LogP contribution >= 0.6 is 0 Å². The highest BCUT2D eigenvalue weighted by molar-refractivity contribution is 5.69. The molecule has 106 valence electrons. The highest BCUT2D eigenvalue weighted by Crippen LogP contribution is 2.31. The molecule has 1 amide bonds. The summed E-state index contributed by atoms with van der Waals surface area (Å²) >= 11 is 0. The van der Waals surface area contributed by atoms with Gasteiger partial charge in [0.2, 0.25) is 0 Å². The summed E-state index contributed by atoms with van der Waals surface area (Å²) < 4.78 is 16.6. The average molecular weight is 268 g/mol. The first-order valence-electron chi connectivity index (χ1n) is 6.44. The predicted octanol–water partition coefficient (Wildman–Crippen LogP) is 1.30. The van der Waals surface area contributed by atoms with Crippen molar-refractivity contribution in [3.8, 4) is 6.07 Å². The fourth-order valence-electron chi connectivity index (χ4n) is 2.14. The van der Waals surface area contributed by atoms with Crippen molar-refractivity contribution in [2.45, 2.75) is 44.5 Å². The molecule has 1 atom stereocenters. The number of nitriles is 1. The lowest BCUT2D eigenvalue weighted by molar-refractivity contribution is -0.233. The number of amides is 1. The summed E-state index contributed by atoms with van der Waals surface area (Å²) in [6.07, 6.45) is -0.127. The van der Waals surface area contributed by atoms with E-state index in [1.54, 1.807) is 4.90 Å². The minimum atomic E-state index is -0.484. The Morgan fingerprint density at radius 3 is 2.68 bits per heavy atom. The van der Waals surface area contributed by atoms with Gasteiger partial charge in [0.15, 0.2) is 0 Å². The SMILES string of the molecule is CC(C)(C)OC(=O)N1CC2(COC(CC#N)CO2)C1. The summed E-state index contributed by atoms with van der Waals surface area (Å²) in [6.45, 7) is 7.34. The van der Waals surface area contributed by atoms with E-state index in [-0.39, 0.29) is 12.2 Å². The Morgan fingerprint density at radius 2 is 2.21 bits per heavy atom. The third-order valence-electron chi connectivity index (χ3n) is 3.09. The molecule has 0 bridgehead atoms. The second kappa shape index (κ2) is 4.99. The minimum absolute atomic E-state index is 0.147. The highest BCUT2D eigenvalue weighted by atomic mass is 16.6. The Kier molecular flexibility index (Phi) is 3.70. The molecular weight excluding hydrogens is 248 g/mol. The van der Waals surface area contributed by atoms with Crippen molar-refractivity contribution in [2.24, 2.45) is 0 Å². The number of carbonyl (C=O) groups excluding carboxylic acids is 1. The molecule has 6 heteroatoms. The van der Waals surface area contributed by atoms with Gasteiger partial charge in [0, 0.05) is 0 Å². The molecule has 0 saturated carbocycles. The van der Waals surface area contributed by atoms with Gasteiger partial charge in [0.1, 0.15) is 11.2 Å². The van der Waals surface area contributed by atoms with Crippen LogP contribution in [0, 0.1) is 11.3 Å². The average Bonchev–Trinajstić information content (AvgIpc) is 2.25. The van der Waals surface area contributed by atoms with Crippen molar-refractivity contribution >= 4 is 6.09 Å². The Morgan fingerprint density at radius 1 is 1.53 bits per heavy atom. The molecule has 2 aliphatic rings. The van der Waals surface area contributed by atoms with Gasteiger partial charge in [-0.15, -0.1) is 0 Å². The Bertz CT molecular complexity index is 380. The molecule has 0 N–H and O–H groups in total. The maximum Gasteiger partial charge on any atom is 0.410 e. The Hall–Kier alpha value is -1.32. The van der Waals surface area contributed by atoms with Gasteiger partial charge in [0.05, 0.1) is 44.9 Å². The molecule has 2 heterocycles. The van der Waals surface area contributed by atoms with Crippen LogP contribution in [0.2, 0.25) is 0 Å². The third kappa shape index (κ3) is 3.37. The van der Waals surface area contributed by atoms with E-state index in [1.165, 1.54) is 0 Å². The first-order chi connectivity index (χ1) is 8.84. The van der Waals surface area contributed by atoms with Gasteiger partial charge >= 0.3 is 6.09 Å². The number of ether oxygens (including phenoxy) is 3. The van der Waals surface area contributed by atoms with Crippen LogP contribution in [0.15, 0.2) is 0 Å². The van der Waals surface area contributed by atoms with E-state index in [2.05, 4.69) is 6.07 Å². The Labute approximate surface area is 113 Å². The fraction of sp³-hybridized carbons (Fsp3) is 0.846. The number of hydrogen-bond donors (Lipinski definition) is 0. The van der Waals surface area contributed by atoms with Crippen molar-refractivity contribution in [3.05, 3.63) is 0 Å². The van der Waals surface area contributed by atoms with Gasteiger partial charge in [-0.05, 0) is 20.8 Å². The van der Waals surface area contributed by atoms with Gasteiger partial charge in [-0.1, -0.05) is 0 Å². The maximum absolute atomic E-state index is 11.8. The van der Waals surface area contributed by atoms with Crippen LogP contribution < -0.4 is 0 Å². The lowest BCUT2D eigenvalue weighted by Crippen LogP contribution is -2.69. The van der Waals surface area contributed by atoms with E-state index in [0.717, 1.165) is 0 Å². The van der Waals surface area contributed by atoms with E-state index in [9.17, 15) is 4.79 Å². The van der Waals surface area contributed by atoms with Crippen molar-refractivity contribution in [2.75, 3.05) is 26.3 Å². The zero-order valence-electron chi connectivity index (χ0n) is 11.6. The van der Waals surface area contributed by atoms with E-state index in [1.807, 2.05) is 20.8 Å². The van der Waals surface area contributed by atoms with Crippen molar-refractivity contribution in [1.82, 2.24) is 4.90 Å². The molecule has 19 heavy (non-hydrogen) atoms. The van der Waals surface area contributed by atoms with Crippen LogP contribution in [0.1, 0.15) is 27.2 Å². The molecule has 0 radical (unpaired) electrons. The molecule has 1 unspecified atom stereocenters. The van der Waals surface area contributed by atoms with E-state index >= 15 is 0 Å². The molecule has 2 saturated heterocycles. The van der Waals surface area contributed by atoms with E-state index in [0.29, 0.717) is 32.7 Å². The minimum Gasteiger partial charge on any atom is -0.444 e. The van der Waals surface area contributed by atoms with Crippen molar-refractivity contribution < 1.29 is 19.0 Å². The molecule has 0 aliphatic carbocycles. The molecule has 2 aliphatic heterocycles. The summed E-state index contributed by atoms with van der Waals surface area (Å²) in [5.74, 6) is 0. The van der Waals surface area contributed by atoms with Gasteiger partial charge in [-0.25, -0.2) is 4.79 Å². The molecule has 2 rings (SSSR count). The van der Waals surface area contributed by atoms with Crippen LogP contribution in [0.25, 0.3) is 0 Å². The number of likely N-dealkylation sites (tertiary alicyclic amines) is 1. The largest absolute Gasteiger partial charge is 0.444 e. The first kappa shape index (κ1) is 14.1. The van der Waals surface area contributed by atoms with E-state index < -0.39 is 11.2 Å². The van der Waals surface area contributed by atoms with Crippen LogP contribution in [0.5, 0.6) is 0 Å². The predicted molar refractivity (Wildman–Crippen MR) is 66.5 cm³/mol. The molecular formula is C13H20N2O4. The fourth-order valence-corrected chi connectivity index (χ4v) is 2.14. The summed E-state index contributed by atoms with van der Waals surface area (Å²) in [7, 11) is 0. The summed E-state index contributed by atoms with van der Waals surface area (Å²) in [6, 6.07) is 2.06. The number of carbonyl (C=O) groups is 1. The zero-order valence-corrected chi connectivity index (χ0v) is 11.6. The summed E-state index contributed by atoms with van der Waals surface area (Å²) in [5, 5.41) is 8.59. The smallest absolute Gasteiger partial charge is 0.410 e. The molecule has 1 spiro atoms. The normalized spacial score (nSPS) is 25.6. The molecule has 0 aromatic carbocycles. The van der Waals surface area contributed by atoms with Gasteiger partial charge in [-0.2, -0.15) is 5.26 Å². The lowest BCUT2D eigenvalue weighted by Gasteiger charge is -2.51. The number of nitrogens with zero attached hydrogens (tertiary/aromatic N) is 2. The topological polar surface area (TPSA) is 71.8 Å². The second-order valence-corrected chi connectivity index (χ2v) is 6.13. The zero-order chi connectivity index (χ0) is 14.1. The summed E-state index contributed by atoms with van der Waals surface area (Å²) in [5.41, 5.74) is -0.884. The quantitative estimate of drug-likeness (QED) is 0.717. The van der Waals surface area contributed by atoms with Crippen molar-refractivity contribution in [3.63, 3.8) is 0 Å². The lowest BCUT2D eigenvalue weighted by atomic mass is 9.94. The first-order valence-corrected chi connectivity index (χ1v) is 6.44. The standard InChI is InChI=1S/C13H20N2O4/c1-12(2,3)19-11(16)15-7-13(8-15)9-17-10(4-5-14)6-18-13/h10H,4,6-9H2,1-3H3. The van der Waals surface area contributed by atoms with Crippen LogP contribution in [-0.4, -0.2) is 54.6 Å². The van der Waals surface area contributed by atoms with Crippen LogP contribution in [-0.2, 0) is 14.2 Å². The highest BCUT2D eigenvalue weighted by Gasteiger charge is 2.50. The summed E-state index contributed by atoms with van der Waals surface area (Å²) in [4.78, 5) is 13.4. The molecule has 0 aromatic heterocycles. The maximum atomic E-state index is 11.8. The monoisotopic (exact) mass is 268 g/mol. The molecule has 0 aromatic rings. The Balaban J connectivity index is 1.77. The molecule has 2 fully saturated rings. The second-order valence-electron chi connectivity index (χ2n) is 6.13. The number of hydrogen-bond acceptors (Lipinski definition) is 5. The third-order valence-corrected chi connectivity index (χ3v) is 3.09. The van der Waals surface area contributed by atoms with Crippen molar-refractivity contribution in [1.29, 1.82) is 5.26 Å². The van der Waals surface area contributed by atoms with Gasteiger partial charge in [-0.3, -0.25) is 0 Å². The van der Waals surface area contributed by atoms with Crippen LogP contribution in [0.3, 0.4) is 0 Å². The molecule has 6 nitrogen and oxygen atoms in total. The number of rotatable bonds is 1. The van der Waals surface area contributed by atoms with Crippen LogP contribution in [0.4, 0.5) is 4.79 Å². The van der Waals surface area contributed by atoms with Gasteiger partial charge in [0.25, 0.3) is 0 Å². The van der Waals surface area contributed by atoms with E-state index in [4.69, 9.17) is 19.5 Å².